The summed E-state index contributed by atoms with van der Waals surface area (Å²) in [4.78, 5) is 10.8. The first kappa shape index (κ1) is 12.0. The first-order valence-corrected chi connectivity index (χ1v) is 5.02. The molecule has 0 aliphatic carbocycles. The van der Waals surface area contributed by atoms with Crippen LogP contribution >= 0.6 is 11.6 Å². The third-order valence-electron chi connectivity index (χ3n) is 2.09. The van der Waals surface area contributed by atoms with Gasteiger partial charge in [0.25, 0.3) is 0 Å². The van der Waals surface area contributed by atoms with Crippen LogP contribution in [-0.2, 0) is 16.0 Å². The van der Waals surface area contributed by atoms with E-state index in [4.69, 9.17) is 11.6 Å². The van der Waals surface area contributed by atoms with Crippen LogP contribution in [0.4, 0.5) is 4.39 Å². The molecule has 0 bridgehead atoms. The summed E-state index contributed by atoms with van der Waals surface area (Å²) >= 11 is 5.62. The number of hydrogen-bond donors (Lipinski definition) is 0. The number of rotatable bonds is 4. The van der Waals surface area contributed by atoms with Crippen LogP contribution < -0.4 is 0 Å². The minimum absolute atomic E-state index is 0.116. The van der Waals surface area contributed by atoms with E-state index in [1.807, 2.05) is 0 Å². The van der Waals surface area contributed by atoms with Crippen LogP contribution in [-0.4, -0.2) is 13.1 Å². The fourth-order valence-electron chi connectivity index (χ4n) is 1.27. The Morgan fingerprint density at radius 3 is 2.93 bits per heavy atom. The van der Waals surface area contributed by atoms with Gasteiger partial charge in [-0.1, -0.05) is 23.7 Å². The van der Waals surface area contributed by atoms with Gasteiger partial charge >= 0.3 is 5.97 Å². The lowest BCUT2D eigenvalue weighted by Crippen LogP contribution is -2.01. The molecule has 0 heterocycles. The summed E-state index contributed by atoms with van der Waals surface area (Å²) in [6, 6.07) is 4.86. The zero-order valence-electron chi connectivity index (χ0n) is 8.43. The third-order valence-corrected chi connectivity index (χ3v) is 2.38. The molecule has 1 rings (SSSR count). The number of carbonyl (C=O) groups is 1. The zero-order chi connectivity index (χ0) is 11.3. The second-order valence-corrected chi connectivity index (χ2v) is 3.55. The predicted molar refractivity (Wildman–Crippen MR) is 56.4 cm³/mol. The summed E-state index contributed by atoms with van der Waals surface area (Å²) in [5.74, 6) is -0.679. The van der Waals surface area contributed by atoms with Crippen LogP contribution in [0.1, 0.15) is 18.4 Å². The highest BCUT2D eigenvalue weighted by atomic mass is 35.5. The van der Waals surface area contributed by atoms with Crippen molar-refractivity contribution in [3.8, 4) is 0 Å². The molecule has 1 aromatic rings. The van der Waals surface area contributed by atoms with Crippen molar-refractivity contribution in [2.75, 3.05) is 7.11 Å². The Balaban J connectivity index is 2.51. The second-order valence-electron chi connectivity index (χ2n) is 3.14. The lowest BCUT2D eigenvalue weighted by molar-refractivity contribution is -0.140. The van der Waals surface area contributed by atoms with Gasteiger partial charge < -0.3 is 4.74 Å². The second kappa shape index (κ2) is 5.71. The molecule has 0 aromatic heterocycles. The smallest absolute Gasteiger partial charge is 0.305 e. The number of halogens is 2. The molecule has 1 aromatic carbocycles. The molecule has 0 saturated heterocycles. The number of ether oxygens (including phenoxy) is 1. The highest BCUT2D eigenvalue weighted by Crippen LogP contribution is 2.19. The van der Waals surface area contributed by atoms with Gasteiger partial charge in [-0.2, -0.15) is 0 Å². The van der Waals surface area contributed by atoms with Crippen LogP contribution in [0.5, 0.6) is 0 Å². The molecule has 0 spiro atoms. The van der Waals surface area contributed by atoms with Gasteiger partial charge in [0.1, 0.15) is 5.82 Å². The van der Waals surface area contributed by atoms with Crippen LogP contribution in [0.3, 0.4) is 0 Å². The topological polar surface area (TPSA) is 26.3 Å². The van der Waals surface area contributed by atoms with Gasteiger partial charge in [0.2, 0.25) is 0 Å². The summed E-state index contributed by atoms with van der Waals surface area (Å²) in [7, 11) is 1.34. The maximum atomic E-state index is 13.4. The fraction of sp³-hybridized carbons (Fsp3) is 0.364. The first-order chi connectivity index (χ1) is 7.15. The molecule has 0 atom stereocenters. The summed E-state index contributed by atoms with van der Waals surface area (Å²) in [5, 5.41) is 0.116. The fourth-order valence-corrected chi connectivity index (χ4v) is 1.46. The van der Waals surface area contributed by atoms with Crippen molar-refractivity contribution in [1.82, 2.24) is 0 Å². The van der Waals surface area contributed by atoms with Crippen molar-refractivity contribution >= 4 is 17.6 Å². The van der Waals surface area contributed by atoms with Crippen LogP contribution in [0.15, 0.2) is 18.2 Å². The Morgan fingerprint density at radius 1 is 1.53 bits per heavy atom. The molecule has 0 aliphatic heterocycles. The Morgan fingerprint density at radius 2 is 2.27 bits per heavy atom. The average molecular weight is 231 g/mol. The molecule has 82 valence electrons. The molecular formula is C11H12ClFO2. The van der Waals surface area contributed by atoms with E-state index >= 15 is 0 Å². The molecule has 0 radical (unpaired) electrons. The Labute approximate surface area is 93.0 Å². The normalized spacial score (nSPS) is 10.1. The average Bonchev–Trinajstić information content (AvgIpc) is 2.24. The van der Waals surface area contributed by atoms with E-state index < -0.39 is 5.82 Å². The number of aryl methyl sites for hydroxylation is 1. The summed E-state index contributed by atoms with van der Waals surface area (Å²) in [6.45, 7) is 0. The van der Waals surface area contributed by atoms with E-state index in [0.717, 1.165) is 0 Å². The van der Waals surface area contributed by atoms with Crippen molar-refractivity contribution in [2.45, 2.75) is 19.3 Å². The minimum atomic E-state index is -0.399. The van der Waals surface area contributed by atoms with Gasteiger partial charge in [0, 0.05) is 6.42 Å². The SMILES string of the molecule is COC(=O)CCCc1cccc(Cl)c1F. The molecule has 0 N–H and O–H groups in total. The predicted octanol–water partition coefficient (Wildman–Crippen LogP) is 2.97. The van der Waals surface area contributed by atoms with E-state index in [1.165, 1.54) is 13.2 Å². The Bertz CT molecular complexity index is 352. The van der Waals surface area contributed by atoms with Crippen LogP contribution in [0.2, 0.25) is 5.02 Å². The standard InChI is InChI=1S/C11H12ClFO2/c1-15-10(14)7-3-5-8-4-2-6-9(12)11(8)13/h2,4,6H,3,5,7H2,1H3. The molecule has 0 unspecified atom stereocenters. The maximum absolute atomic E-state index is 13.4. The van der Waals surface area contributed by atoms with Gasteiger partial charge in [-0.25, -0.2) is 4.39 Å². The zero-order valence-corrected chi connectivity index (χ0v) is 9.18. The van der Waals surface area contributed by atoms with Crippen molar-refractivity contribution < 1.29 is 13.9 Å². The minimum Gasteiger partial charge on any atom is -0.469 e. The molecule has 15 heavy (non-hydrogen) atoms. The summed E-state index contributed by atoms with van der Waals surface area (Å²) < 4.78 is 17.8. The Hall–Kier alpha value is -1.09. The van der Waals surface area contributed by atoms with Crippen LogP contribution in [0.25, 0.3) is 0 Å². The van der Waals surface area contributed by atoms with Gasteiger partial charge in [-0.15, -0.1) is 0 Å². The number of hydrogen-bond acceptors (Lipinski definition) is 2. The van der Waals surface area contributed by atoms with Crippen molar-refractivity contribution in [2.24, 2.45) is 0 Å². The molecule has 0 fully saturated rings. The highest BCUT2D eigenvalue weighted by molar-refractivity contribution is 6.30. The lowest BCUT2D eigenvalue weighted by Gasteiger charge is -2.03. The first-order valence-electron chi connectivity index (χ1n) is 4.65. The summed E-state index contributed by atoms with van der Waals surface area (Å²) in [5.41, 5.74) is 0.534. The van der Waals surface area contributed by atoms with Crippen molar-refractivity contribution in [3.05, 3.63) is 34.6 Å². The van der Waals surface area contributed by atoms with E-state index in [1.54, 1.807) is 12.1 Å². The van der Waals surface area contributed by atoms with Gasteiger partial charge in [-0.05, 0) is 24.5 Å². The van der Waals surface area contributed by atoms with E-state index in [-0.39, 0.29) is 11.0 Å². The third kappa shape index (κ3) is 3.51. The number of esters is 1. The van der Waals surface area contributed by atoms with E-state index in [0.29, 0.717) is 24.8 Å². The molecular weight excluding hydrogens is 219 g/mol. The molecule has 0 amide bonds. The van der Waals surface area contributed by atoms with Crippen molar-refractivity contribution in [3.63, 3.8) is 0 Å². The molecule has 4 heteroatoms. The number of benzene rings is 1. The number of methoxy groups -OCH3 is 1. The largest absolute Gasteiger partial charge is 0.469 e. The van der Waals surface area contributed by atoms with Gasteiger partial charge in [0.05, 0.1) is 12.1 Å². The maximum Gasteiger partial charge on any atom is 0.305 e. The number of carbonyl (C=O) groups excluding carboxylic acids is 1. The Kier molecular flexibility index (Phi) is 4.56. The molecule has 2 nitrogen and oxygen atoms in total. The van der Waals surface area contributed by atoms with Crippen molar-refractivity contribution in [1.29, 1.82) is 0 Å². The summed E-state index contributed by atoms with van der Waals surface area (Å²) in [6.07, 6.45) is 1.34. The van der Waals surface area contributed by atoms with E-state index in [2.05, 4.69) is 4.74 Å². The highest BCUT2D eigenvalue weighted by Gasteiger charge is 2.07. The quantitative estimate of drug-likeness (QED) is 0.744. The van der Waals surface area contributed by atoms with Gasteiger partial charge in [0.15, 0.2) is 0 Å². The lowest BCUT2D eigenvalue weighted by atomic mass is 10.1. The van der Waals surface area contributed by atoms with Crippen LogP contribution in [0, 0.1) is 5.82 Å². The van der Waals surface area contributed by atoms with Gasteiger partial charge in [-0.3, -0.25) is 4.79 Å². The monoisotopic (exact) mass is 230 g/mol. The molecule has 0 saturated carbocycles. The molecule has 0 aliphatic rings. The van der Waals surface area contributed by atoms with E-state index in [9.17, 15) is 9.18 Å².